The molecule has 434 valence electrons. The third-order valence-corrected chi connectivity index (χ3v) is 14.3. The molecule has 6 atom stereocenters. The van der Waals surface area contributed by atoms with Crippen LogP contribution in [0.15, 0.2) is 182 Å². The largest absolute Gasteiger partial charge is 0.476 e. The van der Waals surface area contributed by atoms with Crippen molar-refractivity contribution in [2.75, 3.05) is 0 Å². The molecule has 0 spiro atoms. The highest BCUT2D eigenvalue weighted by molar-refractivity contribution is 7.48. The van der Waals surface area contributed by atoms with Gasteiger partial charge in [-0.05, 0) is 33.4 Å². The third-order valence-electron chi connectivity index (χ3n) is 12.9. The van der Waals surface area contributed by atoms with E-state index < -0.39 is 130 Å². The molecule has 6 unspecified atom stereocenters. The van der Waals surface area contributed by atoms with E-state index in [9.17, 15) is 30.6 Å². The Labute approximate surface area is 439 Å². The maximum Gasteiger partial charge on any atom is 0.476 e. The number of rotatable bonds is 18. The Morgan fingerprint density at radius 2 is 0.425 bits per heavy atom. The second-order valence-electron chi connectivity index (χ2n) is 17.7. The second kappa shape index (κ2) is 21.7. The van der Waals surface area contributed by atoms with Gasteiger partial charge >= 0.3 is 44.9 Å². The van der Waals surface area contributed by atoms with Crippen molar-refractivity contribution in [2.45, 2.75) is 89.0 Å². The summed E-state index contributed by atoms with van der Waals surface area (Å²) in [5, 5.41) is 71.8. The fourth-order valence-electron chi connectivity index (χ4n) is 8.99. The minimum atomic E-state index is -8.07. The molecule has 10 nitrogen and oxygen atoms in total. The number of phosphoric ester groups is 1. The van der Waals surface area contributed by atoms with Crippen molar-refractivity contribution in [1.29, 1.82) is 0 Å². The van der Waals surface area contributed by atoms with Gasteiger partial charge in [0.15, 0.2) is 16.8 Å². The van der Waals surface area contributed by atoms with E-state index in [0.29, 0.717) is 109 Å². The van der Waals surface area contributed by atoms with Gasteiger partial charge < -0.3 is 30.6 Å². The summed E-state index contributed by atoms with van der Waals surface area (Å²) in [6.07, 6.45) is -56.6. The van der Waals surface area contributed by atoms with Crippen molar-refractivity contribution in [3.63, 3.8) is 0 Å². The minimum absolute atomic E-state index is 0.176. The van der Waals surface area contributed by atoms with Crippen LogP contribution in [0.5, 0.6) is 0 Å². The highest BCUT2D eigenvalue weighted by atomic mass is 31.2. The molecule has 0 heterocycles. The van der Waals surface area contributed by atoms with E-state index in [1.165, 1.54) is 0 Å². The van der Waals surface area contributed by atoms with Crippen LogP contribution >= 0.6 is 7.82 Å². The van der Waals surface area contributed by atoms with Gasteiger partial charge in [0.2, 0.25) is 0 Å². The van der Waals surface area contributed by atoms with Gasteiger partial charge in [0.25, 0.3) is 16.8 Å². The maximum absolute atomic E-state index is 16.5. The third kappa shape index (κ3) is 10.5. The molecule has 6 aromatic carbocycles. The van der Waals surface area contributed by atoms with Gasteiger partial charge in [-0.2, -0.15) is 79.0 Å². The first kappa shape index (κ1) is 63.1. The van der Waals surface area contributed by atoms with Crippen LogP contribution in [0, 0.1) is 0 Å². The fraction of sp³-hybridized carbons (Fsp3) is 0.294. The smallest absolute Gasteiger partial charge is 0.378 e. The fourth-order valence-corrected chi connectivity index (χ4v) is 10.7. The van der Waals surface area contributed by atoms with Crippen LogP contribution in [0.2, 0.25) is 0 Å². The zero-order valence-electron chi connectivity index (χ0n) is 39.6. The first-order chi connectivity index (χ1) is 36.7. The zero-order chi connectivity index (χ0) is 60.0. The van der Waals surface area contributed by atoms with Crippen LogP contribution in [-0.2, 0) is 34.9 Å². The Bertz CT molecular complexity index is 2680. The number of alkyl halides is 18. The molecule has 0 aliphatic heterocycles. The summed E-state index contributed by atoms with van der Waals surface area (Å²) in [5.41, 5.74) is -47.0. The standard InChI is InChI=1S/C51H39F18O10P/c52-46(53,54)43(73,47(55,56)57)40(70,34-25-13-4-14-26-34)37(31-19-7-1-8-20-31)77-80(76,78-38(32-21-9-2-10-22-32)41(71,35-27-15-5-16-28-35)44(74,48(58,59)60)49(61,62)63)79-39(33-23-11-3-12-24-33)42(72,36-29-17-6-18-30-36)45(75,50(64,65)66)51(67,68)69/h1-30,37-39,70-75H. The van der Waals surface area contributed by atoms with Crippen molar-refractivity contribution in [3.8, 4) is 0 Å². The summed E-state index contributed by atoms with van der Waals surface area (Å²) in [6, 6.07) is 16.0. The summed E-state index contributed by atoms with van der Waals surface area (Å²) in [7, 11) is -8.07. The van der Waals surface area contributed by atoms with Gasteiger partial charge in [0.1, 0.15) is 18.3 Å². The van der Waals surface area contributed by atoms with Gasteiger partial charge in [-0.25, -0.2) is 4.57 Å². The van der Waals surface area contributed by atoms with E-state index in [2.05, 4.69) is 0 Å². The Morgan fingerprint density at radius 1 is 0.275 bits per heavy atom. The van der Waals surface area contributed by atoms with E-state index in [0.717, 1.165) is 36.4 Å². The van der Waals surface area contributed by atoms with Crippen LogP contribution in [0.1, 0.15) is 51.7 Å². The summed E-state index contributed by atoms with van der Waals surface area (Å²) < 4.78 is 311. The summed E-state index contributed by atoms with van der Waals surface area (Å²) >= 11 is 0. The predicted molar refractivity (Wildman–Crippen MR) is 241 cm³/mol. The first-order valence-electron chi connectivity index (χ1n) is 22.4. The van der Waals surface area contributed by atoms with Crippen molar-refractivity contribution in [1.82, 2.24) is 0 Å². The average Bonchev–Trinajstić information content (AvgIpc) is 3.59. The number of phosphoric acid groups is 1. The number of benzene rings is 6. The van der Waals surface area contributed by atoms with E-state index in [1.807, 2.05) is 0 Å². The summed E-state index contributed by atoms with van der Waals surface area (Å²) in [6.45, 7) is 0. The quantitative estimate of drug-likeness (QED) is 0.0360. The second-order valence-corrected chi connectivity index (χ2v) is 19.2. The Balaban J connectivity index is 1.91. The number of hydrogen-bond acceptors (Lipinski definition) is 10. The van der Waals surface area contributed by atoms with Gasteiger partial charge in [-0.1, -0.05) is 182 Å². The van der Waals surface area contributed by atoms with Crippen molar-refractivity contribution < 1.29 is 128 Å². The van der Waals surface area contributed by atoms with Gasteiger partial charge in [-0.3, -0.25) is 13.6 Å². The van der Waals surface area contributed by atoms with Crippen LogP contribution in [0.3, 0.4) is 0 Å². The van der Waals surface area contributed by atoms with E-state index in [4.69, 9.17) is 13.6 Å². The molecule has 6 N–H and O–H groups in total. The molecule has 6 rings (SSSR count). The molecule has 0 aromatic heterocycles. The molecule has 0 aliphatic rings. The first-order valence-corrected chi connectivity index (χ1v) is 23.8. The molecular weight excluding hydrogens is 1150 g/mol. The Morgan fingerprint density at radius 3 is 0.575 bits per heavy atom. The van der Waals surface area contributed by atoms with Gasteiger partial charge in [0.05, 0.1) is 0 Å². The lowest BCUT2D eigenvalue weighted by Crippen LogP contribution is -2.71. The predicted octanol–water partition coefficient (Wildman–Crippen LogP) is 12.6. The van der Waals surface area contributed by atoms with E-state index in [-0.39, 0.29) is 36.4 Å². The number of aliphatic hydroxyl groups is 6. The molecule has 0 saturated carbocycles. The monoisotopic (exact) mass is 1180 g/mol. The molecule has 29 heteroatoms. The van der Waals surface area contributed by atoms with Crippen LogP contribution in [0.25, 0.3) is 0 Å². The molecule has 6 aromatic rings. The normalized spacial score (nSPS) is 17.9. The maximum atomic E-state index is 16.5. The topological polar surface area (TPSA) is 166 Å². The highest BCUT2D eigenvalue weighted by Gasteiger charge is 2.86. The highest BCUT2D eigenvalue weighted by Crippen LogP contribution is 2.71. The molecule has 0 amide bonds. The van der Waals surface area contributed by atoms with Gasteiger partial charge in [-0.15, -0.1) is 0 Å². The summed E-state index contributed by atoms with van der Waals surface area (Å²) in [4.78, 5) is 0. The van der Waals surface area contributed by atoms with Crippen molar-refractivity contribution in [2.24, 2.45) is 0 Å². The number of halogens is 18. The number of hydrogen-bond donors (Lipinski definition) is 6. The SMILES string of the molecule is O=P(OC(c1ccccc1)C(O)(c1ccccc1)C(O)(C(F)(F)F)C(F)(F)F)(OC(c1ccccc1)C(O)(c1ccccc1)C(O)(C(F)(F)F)C(F)(F)F)OC(c1ccccc1)C(O)(c1ccccc1)C(O)(C(F)(F)F)C(F)(F)F. The van der Waals surface area contributed by atoms with Crippen molar-refractivity contribution >= 4 is 7.82 Å². The van der Waals surface area contributed by atoms with Crippen LogP contribution < -0.4 is 0 Å². The Hall–Kier alpha value is -6.07. The molecule has 0 radical (unpaired) electrons. The van der Waals surface area contributed by atoms with Crippen molar-refractivity contribution in [3.05, 3.63) is 215 Å². The van der Waals surface area contributed by atoms with Crippen LogP contribution in [0.4, 0.5) is 79.0 Å². The molecule has 80 heavy (non-hydrogen) atoms. The molecular formula is C51H39F18O10P. The average molecular weight is 1180 g/mol. The zero-order valence-corrected chi connectivity index (χ0v) is 40.5. The lowest BCUT2D eigenvalue weighted by atomic mass is 9.70. The Kier molecular flexibility index (Phi) is 17.1. The molecule has 0 fully saturated rings. The van der Waals surface area contributed by atoms with E-state index in [1.54, 1.807) is 0 Å². The lowest BCUT2D eigenvalue weighted by Gasteiger charge is -2.51. The minimum Gasteiger partial charge on any atom is -0.378 e. The summed E-state index contributed by atoms with van der Waals surface area (Å²) in [5.74, 6) is 0. The van der Waals surface area contributed by atoms with Gasteiger partial charge in [0, 0.05) is 0 Å². The lowest BCUT2D eigenvalue weighted by molar-refractivity contribution is -0.430. The molecule has 0 aliphatic carbocycles. The molecule has 0 bridgehead atoms. The molecule has 0 saturated heterocycles. The van der Waals surface area contributed by atoms with E-state index >= 15 is 83.6 Å². The van der Waals surface area contributed by atoms with Crippen LogP contribution in [-0.4, -0.2) is 84.5 Å².